The summed E-state index contributed by atoms with van der Waals surface area (Å²) in [5.41, 5.74) is 1.54. The molecule has 0 aliphatic heterocycles. The molecule has 2 nitrogen and oxygen atoms in total. The molecule has 1 aromatic carbocycles. The van der Waals surface area contributed by atoms with Gasteiger partial charge in [-0.2, -0.15) is 0 Å². The molecule has 1 unspecified atom stereocenters. The van der Waals surface area contributed by atoms with Crippen molar-refractivity contribution in [1.29, 1.82) is 0 Å². The van der Waals surface area contributed by atoms with Gasteiger partial charge < -0.3 is 9.73 Å². The smallest absolute Gasteiger partial charge is 0.137 e. The minimum absolute atomic E-state index is 0.209. The summed E-state index contributed by atoms with van der Waals surface area (Å²) in [6.07, 6.45) is 2.41. The third-order valence-corrected chi connectivity index (χ3v) is 2.64. The van der Waals surface area contributed by atoms with Gasteiger partial charge in [0.2, 0.25) is 0 Å². The normalized spacial score (nSPS) is 13.3. The van der Waals surface area contributed by atoms with Crippen LogP contribution in [-0.2, 0) is 6.42 Å². The maximum absolute atomic E-state index is 13.6. The standard InChI is InChI=1S/C12H14FNO/c1-8(14-2)6-9-7-15-11-5-3-4-10(13)12(9)11/h3-5,7-8,14H,6H2,1-2H3. The second-order valence-electron chi connectivity index (χ2n) is 3.77. The number of benzene rings is 1. The van der Waals surface area contributed by atoms with Gasteiger partial charge in [0.1, 0.15) is 11.4 Å². The molecule has 0 aliphatic rings. The number of fused-ring (bicyclic) bond motifs is 1. The molecule has 1 aromatic heterocycles. The van der Waals surface area contributed by atoms with Crippen LogP contribution in [0.25, 0.3) is 11.0 Å². The summed E-state index contributed by atoms with van der Waals surface area (Å²) in [4.78, 5) is 0. The lowest BCUT2D eigenvalue weighted by molar-refractivity contribution is 0.583. The van der Waals surface area contributed by atoms with Gasteiger partial charge in [-0.15, -0.1) is 0 Å². The molecule has 1 heterocycles. The molecule has 0 bridgehead atoms. The van der Waals surface area contributed by atoms with Crippen LogP contribution in [0.1, 0.15) is 12.5 Å². The van der Waals surface area contributed by atoms with Crippen molar-refractivity contribution >= 4 is 11.0 Å². The highest BCUT2D eigenvalue weighted by molar-refractivity contribution is 5.81. The SMILES string of the molecule is CNC(C)Cc1coc2cccc(F)c12. The zero-order valence-corrected chi connectivity index (χ0v) is 8.88. The van der Waals surface area contributed by atoms with Crippen LogP contribution in [0.5, 0.6) is 0 Å². The second kappa shape index (κ2) is 4.03. The molecule has 15 heavy (non-hydrogen) atoms. The third kappa shape index (κ3) is 1.88. The van der Waals surface area contributed by atoms with Gasteiger partial charge in [0.05, 0.1) is 11.6 Å². The monoisotopic (exact) mass is 207 g/mol. The summed E-state index contributed by atoms with van der Waals surface area (Å²) < 4.78 is 18.9. The van der Waals surface area contributed by atoms with Gasteiger partial charge in [0, 0.05) is 11.6 Å². The Morgan fingerprint density at radius 1 is 1.47 bits per heavy atom. The van der Waals surface area contributed by atoms with Gasteiger partial charge in [-0.3, -0.25) is 0 Å². The fraction of sp³-hybridized carbons (Fsp3) is 0.333. The lowest BCUT2D eigenvalue weighted by Crippen LogP contribution is -2.23. The second-order valence-corrected chi connectivity index (χ2v) is 3.77. The Hall–Kier alpha value is -1.35. The predicted octanol–water partition coefficient (Wildman–Crippen LogP) is 2.72. The Labute approximate surface area is 88.1 Å². The fourth-order valence-electron chi connectivity index (χ4n) is 1.69. The van der Waals surface area contributed by atoms with Gasteiger partial charge in [-0.25, -0.2) is 4.39 Å². The number of rotatable bonds is 3. The van der Waals surface area contributed by atoms with E-state index < -0.39 is 0 Å². The maximum atomic E-state index is 13.6. The van der Waals surface area contributed by atoms with E-state index in [1.807, 2.05) is 7.05 Å². The van der Waals surface area contributed by atoms with E-state index >= 15 is 0 Å². The lowest BCUT2D eigenvalue weighted by atomic mass is 10.1. The van der Waals surface area contributed by atoms with Crippen molar-refractivity contribution in [2.24, 2.45) is 0 Å². The van der Waals surface area contributed by atoms with Crippen molar-refractivity contribution in [2.75, 3.05) is 7.05 Å². The number of halogens is 1. The summed E-state index contributed by atoms with van der Waals surface area (Å²) in [6, 6.07) is 5.22. The molecule has 0 fully saturated rings. The molecule has 1 N–H and O–H groups in total. The summed E-state index contributed by atoms with van der Waals surface area (Å²) in [5, 5.41) is 3.73. The zero-order valence-electron chi connectivity index (χ0n) is 8.88. The van der Waals surface area contributed by atoms with Crippen LogP contribution in [0, 0.1) is 5.82 Å². The minimum Gasteiger partial charge on any atom is -0.464 e. The van der Waals surface area contributed by atoms with Crippen LogP contribution in [0.3, 0.4) is 0 Å². The predicted molar refractivity (Wildman–Crippen MR) is 58.4 cm³/mol. The third-order valence-electron chi connectivity index (χ3n) is 2.64. The summed E-state index contributed by atoms with van der Waals surface area (Å²) in [5.74, 6) is -0.209. The van der Waals surface area contributed by atoms with Crippen LogP contribution in [0.2, 0.25) is 0 Å². The average Bonchev–Trinajstić information content (AvgIpc) is 2.63. The molecular formula is C12H14FNO. The number of nitrogens with one attached hydrogen (secondary N) is 1. The Morgan fingerprint density at radius 3 is 3.00 bits per heavy atom. The first-order valence-corrected chi connectivity index (χ1v) is 5.04. The van der Waals surface area contributed by atoms with E-state index in [9.17, 15) is 4.39 Å². The van der Waals surface area contributed by atoms with E-state index in [4.69, 9.17) is 4.42 Å². The Balaban J connectivity index is 2.43. The molecule has 0 aliphatic carbocycles. The number of hydrogen-bond acceptors (Lipinski definition) is 2. The van der Waals surface area contributed by atoms with E-state index in [0.29, 0.717) is 17.0 Å². The summed E-state index contributed by atoms with van der Waals surface area (Å²) >= 11 is 0. The van der Waals surface area contributed by atoms with Crippen LogP contribution < -0.4 is 5.32 Å². The van der Waals surface area contributed by atoms with E-state index in [1.54, 1.807) is 18.4 Å². The Kier molecular flexibility index (Phi) is 2.73. The molecule has 0 radical (unpaired) electrons. The molecule has 0 saturated heterocycles. The molecule has 0 spiro atoms. The molecule has 2 rings (SSSR count). The number of hydrogen-bond donors (Lipinski definition) is 1. The van der Waals surface area contributed by atoms with Crippen molar-refractivity contribution < 1.29 is 8.81 Å². The topological polar surface area (TPSA) is 25.2 Å². The lowest BCUT2D eigenvalue weighted by Gasteiger charge is -2.07. The van der Waals surface area contributed by atoms with Gasteiger partial charge >= 0.3 is 0 Å². The molecule has 3 heteroatoms. The van der Waals surface area contributed by atoms with Crippen molar-refractivity contribution in [3.05, 3.63) is 35.8 Å². The van der Waals surface area contributed by atoms with Crippen molar-refractivity contribution in [2.45, 2.75) is 19.4 Å². The van der Waals surface area contributed by atoms with E-state index in [-0.39, 0.29) is 5.82 Å². The van der Waals surface area contributed by atoms with Crippen molar-refractivity contribution in [3.63, 3.8) is 0 Å². The van der Waals surface area contributed by atoms with Gasteiger partial charge in [-0.05, 0) is 32.5 Å². The maximum Gasteiger partial charge on any atom is 0.137 e. The van der Waals surface area contributed by atoms with Crippen LogP contribution in [-0.4, -0.2) is 13.1 Å². The molecular weight excluding hydrogens is 193 g/mol. The zero-order chi connectivity index (χ0) is 10.8. The summed E-state index contributed by atoms with van der Waals surface area (Å²) in [7, 11) is 1.89. The first-order valence-electron chi connectivity index (χ1n) is 5.04. The Bertz CT molecular complexity index is 464. The first-order chi connectivity index (χ1) is 7.22. The highest BCUT2D eigenvalue weighted by Gasteiger charge is 2.12. The van der Waals surface area contributed by atoms with Crippen molar-refractivity contribution in [3.8, 4) is 0 Å². The Morgan fingerprint density at radius 2 is 2.27 bits per heavy atom. The van der Waals surface area contributed by atoms with E-state index in [1.165, 1.54) is 6.07 Å². The molecule has 2 aromatic rings. The fourth-order valence-corrected chi connectivity index (χ4v) is 1.69. The molecule has 0 amide bonds. The molecule has 80 valence electrons. The van der Waals surface area contributed by atoms with Crippen LogP contribution in [0.15, 0.2) is 28.9 Å². The quantitative estimate of drug-likeness (QED) is 0.837. The van der Waals surface area contributed by atoms with Crippen molar-refractivity contribution in [1.82, 2.24) is 5.32 Å². The largest absolute Gasteiger partial charge is 0.464 e. The highest BCUT2D eigenvalue weighted by Crippen LogP contribution is 2.24. The highest BCUT2D eigenvalue weighted by atomic mass is 19.1. The minimum atomic E-state index is -0.209. The molecule has 1 atom stereocenters. The average molecular weight is 207 g/mol. The summed E-state index contributed by atoms with van der Waals surface area (Å²) in [6.45, 7) is 2.06. The van der Waals surface area contributed by atoms with E-state index in [2.05, 4.69) is 12.2 Å². The molecule has 0 saturated carbocycles. The number of likely N-dealkylation sites (N-methyl/N-ethyl adjacent to an activating group) is 1. The van der Waals surface area contributed by atoms with Crippen LogP contribution >= 0.6 is 0 Å². The van der Waals surface area contributed by atoms with Gasteiger partial charge in [0.15, 0.2) is 0 Å². The first kappa shape index (κ1) is 10.2. The van der Waals surface area contributed by atoms with Crippen LogP contribution in [0.4, 0.5) is 4.39 Å². The van der Waals surface area contributed by atoms with Gasteiger partial charge in [-0.1, -0.05) is 6.07 Å². The van der Waals surface area contributed by atoms with Gasteiger partial charge in [0.25, 0.3) is 0 Å². The number of furan rings is 1. The van der Waals surface area contributed by atoms with E-state index in [0.717, 1.165) is 12.0 Å².